The Labute approximate surface area is 46.9 Å². The van der Waals surface area contributed by atoms with Crippen LogP contribution in [-0.2, 0) is 0 Å². The van der Waals surface area contributed by atoms with E-state index in [1.807, 2.05) is 0 Å². The third-order valence-corrected chi connectivity index (χ3v) is 0.874. The van der Waals surface area contributed by atoms with Gasteiger partial charge in [-0.1, -0.05) is 13.8 Å². The molecule has 0 aliphatic rings. The quantitative estimate of drug-likeness (QED) is 0.466. The molecule has 0 heterocycles. The Kier molecular flexibility index (Phi) is 2.89. The van der Waals surface area contributed by atoms with Crippen molar-refractivity contribution in [3.63, 3.8) is 0 Å². The van der Waals surface area contributed by atoms with Gasteiger partial charge in [0.05, 0.1) is 12.8 Å². The summed E-state index contributed by atoms with van der Waals surface area (Å²) in [7, 11) is 0. The summed E-state index contributed by atoms with van der Waals surface area (Å²) in [5.74, 6) is 1.44. The first-order valence-electron chi connectivity index (χ1n) is 2.96. The maximum absolute atomic E-state index is 3.88. The minimum absolute atomic E-state index is 0.625. The number of hydrogen-bond acceptors (Lipinski definition) is 0. The molecule has 0 spiro atoms. The van der Waals surface area contributed by atoms with Crippen molar-refractivity contribution in [1.82, 2.24) is 0 Å². The average molecular weight is 99.2 g/mol. The normalized spacial score (nSPS) is 14.9. The fourth-order valence-corrected chi connectivity index (χ4v) is 0.805. The maximum atomic E-state index is 3.88. The van der Waals surface area contributed by atoms with Gasteiger partial charge in [0.1, 0.15) is 0 Å². The summed E-state index contributed by atoms with van der Waals surface area (Å²) in [5, 5.41) is 0. The van der Waals surface area contributed by atoms with Crippen LogP contribution in [0.15, 0.2) is 0 Å². The van der Waals surface area contributed by atoms with Crippen LogP contribution in [0.25, 0.3) is 0 Å². The molecular weight excluding hydrogens is 84.1 g/mol. The third kappa shape index (κ3) is 5.87. The van der Waals surface area contributed by atoms with Crippen molar-refractivity contribution in [3.05, 3.63) is 6.92 Å². The number of rotatable bonds is 2. The molecule has 0 aromatic rings. The summed E-state index contributed by atoms with van der Waals surface area (Å²) < 4.78 is 0. The summed E-state index contributed by atoms with van der Waals surface area (Å²) in [6.45, 7) is 10.5. The summed E-state index contributed by atoms with van der Waals surface area (Å²) in [4.78, 5) is 0. The first kappa shape index (κ1) is 6.87. The Bertz CT molecular complexity index is 29.3. The fraction of sp³-hybridized carbons (Fsp3) is 0.857. The molecule has 1 unspecified atom stereocenters. The highest BCUT2D eigenvalue weighted by Gasteiger charge is 2.01. The van der Waals surface area contributed by atoms with Crippen molar-refractivity contribution in [2.24, 2.45) is 11.8 Å². The molecule has 0 fully saturated rings. The number of hydrogen-bond donors (Lipinski definition) is 0. The molecular formula is C7H15+. The van der Waals surface area contributed by atoms with Crippen LogP contribution >= 0.6 is 0 Å². The molecule has 0 bridgehead atoms. The van der Waals surface area contributed by atoms with Gasteiger partial charge in [0, 0.05) is 0 Å². The molecule has 0 aromatic carbocycles. The zero-order valence-electron chi connectivity index (χ0n) is 5.57. The van der Waals surface area contributed by atoms with E-state index in [0.717, 1.165) is 5.92 Å². The van der Waals surface area contributed by atoms with E-state index in [1.54, 1.807) is 0 Å². The lowest BCUT2D eigenvalue weighted by Crippen LogP contribution is -1.93. The fourth-order valence-electron chi connectivity index (χ4n) is 0.805. The molecule has 42 valence electrons. The lowest BCUT2D eigenvalue weighted by Gasteiger charge is -2.00. The van der Waals surface area contributed by atoms with Crippen LogP contribution in [0.5, 0.6) is 0 Å². The molecule has 0 N–H and O–H groups in total. The molecule has 0 nitrogen and oxygen atoms in total. The molecule has 0 aliphatic carbocycles. The van der Waals surface area contributed by atoms with Crippen LogP contribution in [0, 0.1) is 18.8 Å². The molecule has 0 amide bonds. The molecule has 0 saturated carbocycles. The van der Waals surface area contributed by atoms with E-state index in [4.69, 9.17) is 0 Å². The third-order valence-electron chi connectivity index (χ3n) is 0.874. The second-order valence-corrected chi connectivity index (χ2v) is 2.73. The second-order valence-electron chi connectivity index (χ2n) is 2.73. The minimum atomic E-state index is 0.625. The van der Waals surface area contributed by atoms with E-state index in [0.29, 0.717) is 5.92 Å². The summed E-state index contributed by atoms with van der Waals surface area (Å²) in [6, 6.07) is 0. The van der Waals surface area contributed by atoms with Gasteiger partial charge in [-0.15, -0.1) is 0 Å². The first-order valence-corrected chi connectivity index (χ1v) is 2.96. The van der Waals surface area contributed by atoms with E-state index in [9.17, 15) is 0 Å². The van der Waals surface area contributed by atoms with Crippen molar-refractivity contribution in [2.75, 3.05) is 0 Å². The van der Waals surface area contributed by atoms with Gasteiger partial charge in [0.2, 0.25) is 0 Å². The highest BCUT2D eigenvalue weighted by atomic mass is 14.0. The minimum Gasteiger partial charge on any atom is -0.0626 e. The maximum Gasteiger partial charge on any atom is 0.0927 e. The molecule has 7 heavy (non-hydrogen) atoms. The Morgan fingerprint density at radius 1 is 1.29 bits per heavy atom. The highest BCUT2D eigenvalue weighted by molar-refractivity contribution is 4.55. The highest BCUT2D eigenvalue weighted by Crippen LogP contribution is 2.07. The average Bonchev–Trinajstić information content (AvgIpc) is 1.27. The van der Waals surface area contributed by atoms with Gasteiger partial charge in [-0.2, -0.15) is 0 Å². The zero-order valence-corrected chi connectivity index (χ0v) is 5.57. The first-order chi connectivity index (χ1) is 3.13. The van der Waals surface area contributed by atoms with Gasteiger partial charge >= 0.3 is 0 Å². The molecule has 1 atom stereocenters. The van der Waals surface area contributed by atoms with Crippen LogP contribution in [0.2, 0.25) is 0 Å². The van der Waals surface area contributed by atoms with Crippen molar-refractivity contribution in [3.8, 4) is 0 Å². The zero-order chi connectivity index (χ0) is 5.86. The molecule has 0 aliphatic heterocycles. The molecule has 0 heteroatoms. The van der Waals surface area contributed by atoms with E-state index >= 15 is 0 Å². The van der Waals surface area contributed by atoms with Crippen LogP contribution in [0.1, 0.15) is 27.2 Å². The van der Waals surface area contributed by atoms with Crippen LogP contribution in [0.3, 0.4) is 0 Å². The summed E-state index contributed by atoms with van der Waals surface area (Å²) >= 11 is 0. The predicted octanol–water partition coefficient (Wildman–Crippen LogP) is 2.50. The predicted molar refractivity (Wildman–Crippen MR) is 34.0 cm³/mol. The Morgan fingerprint density at radius 2 is 1.71 bits per heavy atom. The molecule has 0 saturated heterocycles. The van der Waals surface area contributed by atoms with E-state index < -0.39 is 0 Å². The van der Waals surface area contributed by atoms with E-state index in [-0.39, 0.29) is 0 Å². The van der Waals surface area contributed by atoms with Gasteiger partial charge in [-0.3, -0.25) is 0 Å². The lowest BCUT2D eigenvalue weighted by molar-refractivity contribution is 0.501. The molecule has 0 aromatic heterocycles. The Balaban J connectivity index is 2.95. The Morgan fingerprint density at radius 3 is 1.71 bits per heavy atom. The molecule has 0 radical (unpaired) electrons. The van der Waals surface area contributed by atoms with Crippen LogP contribution in [-0.4, -0.2) is 0 Å². The van der Waals surface area contributed by atoms with Gasteiger partial charge < -0.3 is 0 Å². The van der Waals surface area contributed by atoms with Crippen molar-refractivity contribution in [1.29, 1.82) is 0 Å². The van der Waals surface area contributed by atoms with Crippen LogP contribution in [0.4, 0.5) is 0 Å². The van der Waals surface area contributed by atoms with Gasteiger partial charge in [-0.25, -0.2) is 0 Å². The smallest absolute Gasteiger partial charge is 0.0626 e. The van der Waals surface area contributed by atoms with Gasteiger partial charge in [0.15, 0.2) is 0 Å². The van der Waals surface area contributed by atoms with Crippen molar-refractivity contribution >= 4 is 0 Å². The summed E-state index contributed by atoms with van der Waals surface area (Å²) in [5.41, 5.74) is 0. The van der Waals surface area contributed by atoms with Crippen molar-refractivity contribution in [2.45, 2.75) is 27.2 Å². The standard InChI is InChI=1S/C7H15/c1-6(2)5-7(3)4/h6-7H,1,5H2,2-4H3/q+1. The van der Waals surface area contributed by atoms with Gasteiger partial charge in [-0.05, 0) is 19.3 Å². The van der Waals surface area contributed by atoms with E-state index in [2.05, 4.69) is 27.7 Å². The van der Waals surface area contributed by atoms with Crippen molar-refractivity contribution < 1.29 is 0 Å². The lowest BCUT2D eigenvalue weighted by atomic mass is 10.0. The Hall–Kier alpha value is -0.130. The van der Waals surface area contributed by atoms with Crippen LogP contribution < -0.4 is 0 Å². The van der Waals surface area contributed by atoms with E-state index in [1.165, 1.54) is 6.42 Å². The topological polar surface area (TPSA) is 0 Å². The summed E-state index contributed by atoms with van der Waals surface area (Å²) in [6.07, 6.45) is 1.25. The second kappa shape index (κ2) is 2.95. The van der Waals surface area contributed by atoms with Gasteiger partial charge in [0.25, 0.3) is 0 Å². The largest absolute Gasteiger partial charge is 0.0927 e. The molecule has 0 rings (SSSR count). The monoisotopic (exact) mass is 99.1 g/mol. The SMILES string of the molecule is [CH2+]C(C)CC(C)C.